The Bertz CT molecular complexity index is 522. The van der Waals surface area contributed by atoms with Crippen molar-refractivity contribution in [3.05, 3.63) is 53.3 Å². The maximum Gasteiger partial charge on any atom is 0.0625 e. The molecule has 0 aliphatic heterocycles. The van der Waals surface area contributed by atoms with Crippen molar-refractivity contribution in [2.75, 3.05) is 5.88 Å². The van der Waals surface area contributed by atoms with Gasteiger partial charge in [-0.15, -0.1) is 11.6 Å². The second-order valence-electron chi connectivity index (χ2n) is 4.79. The van der Waals surface area contributed by atoms with Crippen molar-refractivity contribution in [1.82, 2.24) is 15.1 Å². The van der Waals surface area contributed by atoms with E-state index in [4.69, 9.17) is 11.6 Å². The number of hydrogen-bond donors (Lipinski definition) is 1. The molecule has 1 aromatic heterocycles. The predicted molar refractivity (Wildman–Crippen MR) is 84.0 cm³/mol. The Balaban J connectivity index is 2.05. The average Bonchev–Trinajstić information content (AvgIpc) is 2.91. The third-order valence-electron chi connectivity index (χ3n) is 3.46. The van der Waals surface area contributed by atoms with Crippen molar-refractivity contribution in [1.29, 1.82) is 0 Å². The number of nitrogens with one attached hydrogen (secondary N) is 1. The quantitative estimate of drug-likeness (QED) is 0.791. The Morgan fingerprint density at radius 3 is 2.60 bits per heavy atom. The molecule has 20 heavy (non-hydrogen) atoms. The molecule has 0 bridgehead atoms. The van der Waals surface area contributed by atoms with Crippen LogP contribution in [0, 0.1) is 0 Å². The molecule has 1 N–H and O–H groups in total. The molecule has 0 saturated heterocycles. The molecule has 0 spiro atoms. The van der Waals surface area contributed by atoms with Crippen LogP contribution in [0.2, 0.25) is 0 Å². The Labute approximate surface area is 126 Å². The normalized spacial score (nSPS) is 12.6. The van der Waals surface area contributed by atoms with E-state index in [0.29, 0.717) is 5.88 Å². The van der Waals surface area contributed by atoms with Crippen LogP contribution in [0.15, 0.2) is 36.4 Å². The summed E-state index contributed by atoms with van der Waals surface area (Å²) in [6, 6.07) is 12.7. The van der Waals surface area contributed by atoms with Crippen molar-refractivity contribution >= 4 is 11.6 Å². The fourth-order valence-corrected chi connectivity index (χ4v) is 2.57. The van der Waals surface area contributed by atoms with E-state index in [9.17, 15) is 0 Å². The van der Waals surface area contributed by atoms with E-state index in [-0.39, 0.29) is 6.04 Å². The minimum Gasteiger partial charge on any atom is -0.303 e. The van der Waals surface area contributed by atoms with Crippen LogP contribution in [0.25, 0.3) is 0 Å². The monoisotopic (exact) mass is 291 g/mol. The van der Waals surface area contributed by atoms with Gasteiger partial charge in [0.25, 0.3) is 0 Å². The molecule has 4 heteroatoms. The molecule has 0 saturated carbocycles. The molecule has 0 amide bonds. The zero-order valence-corrected chi connectivity index (χ0v) is 12.9. The third kappa shape index (κ3) is 3.62. The van der Waals surface area contributed by atoms with Gasteiger partial charge in [0.1, 0.15) is 0 Å². The van der Waals surface area contributed by atoms with E-state index in [1.54, 1.807) is 0 Å². The minimum absolute atomic E-state index is 0.170. The maximum absolute atomic E-state index is 6.09. The highest BCUT2D eigenvalue weighted by atomic mass is 35.5. The lowest BCUT2D eigenvalue weighted by Crippen LogP contribution is -2.23. The second kappa shape index (κ2) is 7.46. The van der Waals surface area contributed by atoms with Gasteiger partial charge in [0.05, 0.1) is 11.4 Å². The SMILES string of the molecule is CCc1cc(CNC(CCl)c2ccccc2)n(CC)n1. The van der Waals surface area contributed by atoms with Crippen LogP contribution in [0.1, 0.15) is 36.8 Å². The fourth-order valence-electron chi connectivity index (χ4n) is 2.28. The molecule has 2 aromatic rings. The highest BCUT2D eigenvalue weighted by Crippen LogP contribution is 2.15. The lowest BCUT2D eigenvalue weighted by atomic mass is 10.1. The molecular weight excluding hydrogens is 270 g/mol. The van der Waals surface area contributed by atoms with Crippen molar-refractivity contribution < 1.29 is 0 Å². The predicted octanol–water partition coefficient (Wildman–Crippen LogP) is 3.54. The van der Waals surface area contributed by atoms with Gasteiger partial charge in [0, 0.05) is 25.0 Å². The third-order valence-corrected chi connectivity index (χ3v) is 3.77. The van der Waals surface area contributed by atoms with Crippen LogP contribution in [0.4, 0.5) is 0 Å². The first-order valence-corrected chi connectivity index (χ1v) is 7.71. The van der Waals surface area contributed by atoms with Gasteiger partial charge in [-0.1, -0.05) is 37.3 Å². The molecule has 0 aliphatic carbocycles. The number of halogens is 1. The van der Waals surface area contributed by atoms with Gasteiger partial charge in [-0.2, -0.15) is 5.10 Å². The van der Waals surface area contributed by atoms with Crippen LogP contribution in [-0.2, 0) is 19.5 Å². The molecule has 0 radical (unpaired) electrons. The summed E-state index contributed by atoms with van der Waals surface area (Å²) in [7, 11) is 0. The summed E-state index contributed by atoms with van der Waals surface area (Å²) < 4.78 is 2.06. The molecule has 2 rings (SSSR count). The lowest BCUT2D eigenvalue weighted by Gasteiger charge is -2.16. The van der Waals surface area contributed by atoms with Crippen molar-refractivity contribution in [2.45, 2.75) is 39.4 Å². The van der Waals surface area contributed by atoms with Gasteiger partial charge in [-0.25, -0.2) is 0 Å². The Hall–Kier alpha value is -1.32. The van der Waals surface area contributed by atoms with E-state index in [1.165, 1.54) is 11.3 Å². The highest BCUT2D eigenvalue weighted by molar-refractivity contribution is 6.18. The molecule has 1 unspecified atom stereocenters. The lowest BCUT2D eigenvalue weighted by molar-refractivity contribution is 0.533. The van der Waals surface area contributed by atoms with Gasteiger partial charge < -0.3 is 5.32 Å². The molecular formula is C16H22ClN3. The number of hydrogen-bond acceptors (Lipinski definition) is 2. The molecule has 108 valence electrons. The molecule has 3 nitrogen and oxygen atoms in total. The summed E-state index contributed by atoms with van der Waals surface area (Å²) in [6.07, 6.45) is 0.970. The first kappa shape index (κ1) is 15.1. The van der Waals surface area contributed by atoms with Crippen LogP contribution in [0.3, 0.4) is 0 Å². The zero-order chi connectivity index (χ0) is 14.4. The summed E-state index contributed by atoms with van der Waals surface area (Å²) in [6.45, 7) is 5.93. The minimum atomic E-state index is 0.170. The number of aromatic nitrogens is 2. The smallest absolute Gasteiger partial charge is 0.0625 e. The molecule has 1 aromatic carbocycles. The van der Waals surface area contributed by atoms with Crippen molar-refractivity contribution in [2.24, 2.45) is 0 Å². The number of nitrogens with zero attached hydrogens (tertiary/aromatic N) is 2. The van der Waals surface area contributed by atoms with Crippen molar-refractivity contribution in [3.8, 4) is 0 Å². The summed E-state index contributed by atoms with van der Waals surface area (Å²) in [5.74, 6) is 0.560. The van der Waals surface area contributed by atoms with Gasteiger partial charge in [-0.05, 0) is 25.0 Å². The molecule has 1 atom stereocenters. The number of aryl methyl sites for hydroxylation is 2. The summed E-state index contributed by atoms with van der Waals surface area (Å²) in [5, 5.41) is 8.09. The highest BCUT2D eigenvalue weighted by Gasteiger charge is 2.11. The van der Waals surface area contributed by atoms with Gasteiger partial charge in [0.15, 0.2) is 0 Å². The Kier molecular flexibility index (Phi) is 5.62. The summed E-state index contributed by atoms with van der Waals surface area (Å²) in [5.41, 5.74) is 3.59. The van der Waals surface area contributed by atoms with E-state index in [2.05, 4.69) is 47.1 Å². The fraction of sp³-hybridized carbons (Fsp3) is 0.438. The number of alkyl halides is 1. The van der Waals surface area contributed by atoms with Gasteiger partial charge >= 0.3 is 0 Å². The van der Waals surface area contributed by atoms with Crippen LogP contribution in [0.5, 0.6) is 0 Å². The average molecular weight is 292 g/mol. The largest absolute Gasteiger partial charge is 0.303 e. The van der Waals surface area contributed by atoms with E-state index in [0.717, 1.165) is 25.2 Å². The van der Waals surface area contributed by atoms with E-state index >= 15 is 0 Å². The Morgan fingerprint density at radius 1 is 1.25 bits per heavy atom. The topological polar surface area (TPSA) is 29.9 Å². The zero-order valence-electron chi connectivity index (χ0n) is 12.1. The number of benzene rings is 1. The maximum atomic E-state index is 6.09. The second-order valence-corrected chi connectivity index (χ2v) is 5.10. The summed E-state index contributed by atoms with van der Waals surface area (Å²) in [4.78, 5) is 0. The van der Waals surface area contributed by atoms with Gasteiger partial charge in [-0.3, -0.25) is 4.68 Å². The van der Waals surface area contributed by atoms with Gasteiger partial charge in [0.2, 0.25) is 0 Å². The number of rotatable bonds is 7. The standard InChI is InChI=1S/C16H22ClN3/c1-3-14-10-15(20(4-2)19-14)12-18-16(11-17)13-8-6-5-7-9-13/h5-10,16,18H,3-4,11-12H2,1-2H3. The molecule has 0 aliphatic rings. The summed E-state index contributed by atoms with van der Waals surface area (Å²) >= 11 is 6.09. The van der Waals surface area contributed by atoms with Crippen LogP contribution < -0.4 is 5.32 Å². The van der Waals surface area contributed by atoms with E-state index in [1.807, 2.05) is 18.2 Å². The Morgan fingerprint density at radius 2 is 2.00 bits per heavy atom. The van der Waals surface area contributed by atoms with E-state index < -0.39 is 0 Å². The molecule has 1 heterocycles. The first-order chi connectivity index (χ1) is 9.78. The van der Waals surface area contributed by atoms with Crippen LogP contribution >= 0.6 is 11.6 Å². The van der Waals surface area contributed by atoms with Crippen LogP contribution in [-0.4, -0.2) is 15.7 Å². The first-order valence-electron chi connectivity index (χ1n) is 7.18. The van der Waals surface area contributed by atoms with Crippen molar-refractivity contribution in [3.63, 3.8) is 0 Å². The molecule has 0 fully saturated rings.